The van der Waals surface area contributed by atoms with Crippen LogP contribution in [0.4, 0.5) is 5.69 Å². The molecule has 29 heavy (non-hydrogen) atoms. The number of pyridine rings is 1. The minimum atomic E-state index is -0.469. The van der Waals surface area contributed by atoms with E-state index in [4.69, 9.17) is 9.15 Å². The van der Waals surface area contributed by atoms with Gasteiger partial charge in [0.2, 0.25) is 5.91 Å². The molecule has 0 aliphatic carbocycles. The largest absolute Gasteiger partial charge is 0.487 e. The molecule has 7 heteroatoms. The first-order chi connectivity index (χ1) is 14.2. The summed E-state index contributed by atoms with van der Waals surface area (Å²) in [5.41, 5.74) is 2.63. The van der Waals surface area contributed by atoms with Gasteiger partial charge in [0.1, 0.15) is 12.4 Å². The van der Waals surface area contributed by atoms with Gasteiger partial charge in [0, 0.05) is 30.9 Å². The maximum atomic E-state index is 12.3. The lowest BCUT2D eigenvalue weighted by molar-refractivity contribution is -0.116. The molecule has 4 rings (SSSR count). The summed E-state index contributed by atoms with van der Waals surface area (Å²) >= 11 is 0. The normalized spacial score (nSPS) is 10.8. The van der Waals surface area contributed by atoms with E-state index in [2.05, 4.69) is 10.3 Å². The molecule has 7 nitrogen and oxygen atoms in total. The number of aryl methyl sites for hydroxylation is 1. The molecule has 0 atom stereocenters. The van der Waals surface area contributed by atoms with Gasteiger partial charge in [-0.05, 0) is 36.4 Å². The van der Waals surface area contributed by atoms with Crippen molar-refractivity contribution in [3.8, 4) is 5.75 Å². The van der Waals surface area contributed by atoms with E-state index < -0.39 is 5.76 Å². The summed E-state index contributed by atoms with van der Waals surface area (Å²) in [5, 5.41) is 2.83. The fourth-order valence-electron chi connectivity index (χ4n) is 2.97. The molecule has 0 fully saturated rings. The van der Waals surface area contributed by atoms with E-state index in [1.807, 2.05) is 30.3 Å². The highest BCUT2D eigenvalue weighted by Gasteiger charge is 2.11. The van der Waals surface area contributed by atoms with Gasteiger partial charge in [-0.15, -0.1) is 0 Å². The second kappa shape index (κ2) is 8.43. The van der Waals surface area contributed by atoms with E-state index in [0.717, 1.165) is 5.69 Å². The minimum Gasteiger partial charge on any atom is -0.487 e. The molecular weight excluding hydrogens is 370 g/mol. The third kappa shape index (κ3) is 4.52. The SMILES string of the molecule is O=C(CCn1c(=O)oc2ccccc21)Nc1cccc(OCc2ccccn2)c1. The van der Waals surface area contributed by atoms with Crippen molar-refractivity contribution in [2.24, 2.45) is 0 Å². The minimum absolute atomic E-state index is 0.141. The Morgan fingerprint density at radius 1 is 1.07 bits per heavy atom. The van der Waals surface area contributed by atoms with Crippen LogP contribution in [-0.4, -0.2) is 15.5 Å². The first-order valence-electron chi connectivity index (χ1n) is 9.20. The van der Waals surface area contributed by atoms with Crippen LogP contribution < -0.4 is 15.8 Å². The Bertz CT molecular complexity index is 1180. The summed E-state index contributed by atoms with van der Waals surface area (Å²) in [5.74, 6) is -0.0431. The van der Waals surface area contributed by atoms with Crippen molar-refractivity contribution < 1.29 is 13.9 Å². The highest BCUT2D eigenvalue weighted by Crippen LogP contribution is 2.19. The number of carbonyl (C=O) groups is 1. The maximum absolute atomic E-state index is 12.3. The Hall–Kier alpha value is -3.87. The number of anilines is 1. The summed E-state index contributed by atoms with van der Waals surface area (Å²) in [7, 11) is 0. The average Bonchev–Trinajstić information content (AvgIpc) is 3.07. The quantitative estimate of drug-likeness (QED) is 0.522. The van der Waals surface area contributed by atoms with Crippen molar-refractivity contribution in [3.63, 3.8) is 0 Å². The van der Waals surface area contributed by atoms with Gasteiger partial charge in [0.15, 0.2) is 5.58 Å². The van der Waals surface area contributed by atoms with E-state index in [-0.39, 0.29) is 18.9 Å². The number of ether oxygens (including phenoxy) is 1. The number of benzene rings is 2. The number of oxazole rings is 1. The molecule has 4 aromatic rings. The summed E-state index contributed by atoms with van der Waals surface area (Å²) in [6.07, 6.45) is 1.85. The van der Waals surface area contributed by atoms with Crippen LogP contribution in [0.25, 0.3) is 11.1 Å². The van der Waals surface area contributed by atoms with Crippen molar-refractivity contribution in [1.82, 2.24) is 9.55 Å². The third-order valence-corrected chi connectivity index (χ3v) is 4.37. The third-order valence-electron chi connectivity index (χ3n) is 4.37. The standard InChI is InChI=1S/C22H19N3O4/c26-21(11-13-25-19-9-1-2-10-20(19)29-22(25)27)24-16-7-5-8-18(14-16)28-15-17-6-3-4-12-23-17/h1-10,12,14H,11,13,15H2,(H,24,26). The fraction of sp³-hybridized carbons (Fsp3) is 0.136. The molecule has 0 radical (unpaired) electrons. The summed E-state index contributed by atoms with van der Waals surface area (Å²) in [4.78, 5) is 28.5. The van der Waals surface area contributed by atoms with Crippen molar-refractivity contribution in [1.29, 1.82) is 0 Å². The lowest BCUT2D eigenvalue weighted by atomic mass is 10.2. The molecule has 1 N–H and O–H groups in total. The van der Waals surface area contributed by atoms with Crippen LogP contribution in [0.5, 0.6) is 5.75 Å². The number of para-hydroxylation sites is 2. The number of nitrogens with one attached hydrogen (secondary N) is 1. The van der Waals surface area contributed by atoms with Crippen molar-refractivity contribution in [3.05, 3.63) is 89.2 Å². The first kappa shape index (κ1) is 18.5. The van der Waals surface area contributed by atoms with Crippen LogP contribution >= 0.6 is 0 Å². The second-order valence-electron chi connectivity index (χ2n) is 6.42. The van der Waals surface area contributed by atoms with E-state index in [1.165, 1.54) is 4.57 Å². The molecular formula is C22H19N3O4. The second-order valence-corrected chi connectivity index (χ2v) is 6.42. The van der Waals surface area contributed by atoms with Gasteiger partial charge in [-0.1, -0.05) is 24.3 Å². The van der Waals surface area contributed by atoms with E-state index in [9.17, 15) is 9.59 Å². The lowest BCUT2D eigenvalue weighted by Gasteiger charge is -2.09. The van der Waals surface area contributed by atoms with Crippen LogP contribution in [0.3, 0.4) is 0 Å². The summed E-state index contributed by atoms with van der Waals surface area (Å²) < 4.78 is 12.4. The molecule has 0 spiro atoms. The molecule has 146 valence electrons. The van der Waals surface area contributed by atoms with Crippen LogP contribution in [0.15, 0.2) is 82.1 Å². The zero-order valence-corrected chi connectivity index (χ0v) is 15.6. The number of carbonyl (C=O) groups excluding carboxylic acids is 1. The molecule has 0 bridgehead atoms. The number of hydrogen-bond acceptors (Lipinski definition) is 5. The summed E-state index contributed by atoms with van der Waals surface area (Å²) in [6.45, 7) is 0.576. The maximum Gasteiger partial charge on any atom is 0.419 e. The predicted molar refractivity (Wildman–Crippen MR) is 109 cm³/mol. The molecule has 0 aliphatic heterocycles. The van der Waals surface area contributed by atoms with Gasteiger partial charge in [0.25, 0.3) is 0 Å². The molecule has 2 heterocycles. The van der Waals surface area contributed by atoms with Crippen LogP contribution in [0, 0.1) is 0 Å². The molecule has 1 amide bonds. The first-order valence-corrected chi connectivity index (χ1v) is 9.20. The zero-order chi connectivity index (χ0) is 20.1. The number of rotatable bonds is 7. The monoisotopic (exact) mass is 389 g/mol. The fourth-order valence-corrected chi connectivity index (χ4v) is 2.97. The predicted octanol–water partition coefficient (Wildman–Crippen LogP) is 3.60. The van der Waals surface area contributed by atoms with E-state index in [0.29, 0.717) is 29.1 Å². The number of nitrogens with zero attached hydrogens (tertiary/aromatic N) is 2. The molecule has 0 unspecified atom stereocenters. The van der Waals surface area contributed by atoms with Crippen LogP contribution in [-0.2, 0) is 17.9 Å². The molecule has 2 aromatic heterocycles. The topological polar surface area (TPSA) is 86.4 Å². The van der Waals surface area contributed by atoms with Gasteiger partial charge >= 0.3 is 5.76 Å². The molecule has 0 aliphatic rings. The number of aromatic nitrogens is 2. The highest BCUT2D eigenvalue weighted by atomic mass is 16.5. The Labute approximate surface area is 166 Å². The van der Waals surface area contributed by atoms with Crippen molar-refractivity contribution in [2.45, 2.75) is 19.6 Å². The molecule has 0 saturated carbocycles. The van der Waals surface area contributed by atoms with E-state index in [1.54, 1.807) is 42.6 Å². The van der Waals surface area contributed by atoms with Gasteiger partial charge < -0.3 is 14.5 Å². The van der Waals surface area contributed by atoms with Gasteiger partial charge in [-0.3, -0.25) is 14.3 Å². The van der Waals surface area contributed by atoms with Crippen molar-refractivity contribution in [2.75, 3.05) is 5.32 Å². The Kier molecular flexibility index (Phi) is 5.38. The van der Waals surface area contributed by atoms with Crippen LogP contribution in [0.2, 0.25) is 0 Å². The number of amides is 1. The zero-order valence-electron chi connectivity index (χ0n) is 15.6. The van der Waals surface area contributed by atoms with Gasteiger partial charge in [-0.25, -0.2) is 4.79 Å². The summed E-state index contributed by atoms with van der Waals surface area (Å²) in [6, 6.07) is 19.9. The van der Waals surface area contributed by atoms with E-state index >= 15 is 0 Å². The highest BCUT2D eigenvalue weighted by molar-refractivity contribution is 5.90. The van der Waals surface area contributed by atoms with Gasteiger partial charge in [0.05, 0.1) is 11.2 Å². The molecule has 0 saturated heterocycles. The smallest absolute Gasteiger partial charge is 0.419 e. The Morgan fingerprint density at radius 2 is 1.93 bits per heavy atom. The Balaban J connectivity index is 1.36. The van der Waals surface area contributed by atoms with Crippen LogP contribution in [0.1, 0.15) is 12.1 Å². The lowest BCUT2D eigenvalue weighted by Crippen LogP contribution is -2.19. The van der Waals surface area contributed by atoms with Crippen molar-refractivity contribution >= 4 is 22.7 Å². The Morgan fingerprint density at radius 3 is 2.79 bits per heavy atom. The number of fused-ring (bicyclic) bond motifs is 1. The number of hydrogen-bond donors (Lipinski definition) is 1. The molecule has 2 aromatic carbocycles. The van der Waals surface area contributed by atoms with Gasteiger partial charge in [-0.2, -0.15) is 0 Å². The average molecular weight is 389 g/mol.